The van der Waals surface area contributed by atoms with Crippen LogP contribution in [0.2, 0.25) is 0 Å². The Morgan fingerprint density at radius 3 is 1.67 bits per heavy atom. The summed E-state index contributed by atoms with van der Waals surface area (Å²) in [4.78, 5) is 9.24. The van der Waals surface area contributed by atoms with E-state index in [1.807, 2.05) is 48.5 Å². The molecule has 0 bridgehead atoms. The van der Waals surface area contributed by atoms with Gasteiger partial charge in [-0.1, -0.05) is 42.5 Å². The minimum absolute atomic E-state index is 0.320. The normalized spacial score (nSPS) is 10.9. The molecule has 49 heavy (non-hydrogen) atoms. The molecular weight excluding hydrogens is 755 g/mol. The summed E-state index contributed by atoms with van der Waals surface area (Å²) in [6.07, 6.45) is 10.1. The Hall–Kier alpha value is -5.67. The molecule has 2 N–H and O–H groups in total. The minimum Gasteiger partial charge on any atom is -0.366 e. The number of benzene rings is 2. The van der Waals surface area contributed by atoms with Crippen molar-refractivity contribution in [2.75, 3.05) is 10.6 Å². The number of hydrogen-bond acceptors (Lipinski definition) is 10. The first-order valence-electron chi connectivity index (χ1n) is 14.9. The van der Waals surface area contributed by atoms with Crippen LogP contribution in [0.1, 0.15) is 11.1 Å². The first-order chi connectivity index (χ1) is 24.0. The Morgan fingerprint density at radius 2 is 1.12 bits per heavy atom. The van der Waals surface area contributed by atoms with Gasteiger partial charge in [0.25, 0.3) is 0 Å². The molecule has 242 valence electrons. The number of halogens is 3. The van der Waals surface area contributed by atoms with Gasteiger partial charge in [-0.25, -0.2) is 14.4 Å². The molecule has 0 radical (unpaired) electrons. The molecule has 8 rings (SSSR count). The Bertz CT molecular complexity index is 2340. The van der Waals surface area contributed by atoms with Gasteiger partial charge in [0.2, 0.25) is 0 Å². The first-order valence-corrected chi connectivity index (χ1v) is 16.5. The number of hydrogen-bond donors (Lipinski definition) is 2. The van der Waals surface area contributed by atoms with E-state index in [1.54, 1.807) is 70.5 Å². The lowest BCUT2D eigenvalue weighted by atomic mass is 10.1. The minimum atomic E-state index is -0.320. The van der Waals surface area contributed by atoms with Gasteiger partial charge < -0.3 is 10.6 Å². The molecular formula is C34H25Br2FN12. The summed E-state index contributed by atoms with van der Waals surface area (Å²) in [6, 6.07) is 24.2. The lowest BCUT2D eigenvalue weighted by Gasteiger charge is -2.11. The van der Waals surface area contributed by atoms with Gasteiger partial charge in [0, 0.05) is 48.7 Å². The van der Waals surface area contributed by atoms with Gasteiger partial charge in [0.05, 0.1) is 45.1 Å². The van der Waals surface area contributed by atoms with E-state index >= 15 is 0 Å². The van der Waals surface area contributed by atoms with Gasteiger partial charge in [-0.3, -0.25) is 0 Å². The lowest BCUT2D eigenvalue weighted by Crippen LogP contribution is -2.07. The number of fused-ring (bicyclic) bond motifs is 2. The number of nitrogens with one attached hydrogen (secondary N) is 2. The van der Waals surface area contributed by atoms with Crippen LogP contribution in [0.15, 0.2) is 125 Å². The van der Waals surface area contributed by atoms with Crippen molar-refractivity contribution < 1.29 is 4.39 Å². The van der Waals surface area contributed by atoms with Crippen molar-refractivity contribution in [2.45, 2.75) is 13.1 Å². The van der Waals surface area contributed by atoms with Crippen LogP contribution < -0.4 is 10.6 Å². The quantitative estimate of drug-likeness (QED) is 0.162. The maximum Gasteiger partial charge on any atom is 0.172 e. The van der Waals surface area contributed by atoms with Crippen LogP contribution in [-0.4, -0.2) is 49.6 Å². The third-order valence-corrected chi connectivity index (χ3v) is 8.43. The lowest BCUT2D eigenvalue weighted by molar-refractivity contribution is 0.630. The SMILES string of the molecule is Brc1cnn2c(NCc3ccnnc3)cc(-c3ccccc3)nc12.Fc1ccccc1-c1cc(NCc2ccnnc2)n2ncc(Br)c2n1. The summed E-state index contributed by atoms with van der Waals surface area (Å²) in [5.41, 5.74) is 6.30. The summed E-state index contributed by atoms with van der Waals surface area (Å²) >= 11 is 6.95. The molecule has 0 unspecified atom stereocenters. The van der Waals surface area contributed by atoms with Gasteiger partial charge in [-0.15, -0.1) is 0 Å². The maximum atomic E-state index is 14.2. The van der Waals surface area contributed by atoms with E-state index in [9.17, 15) is 4.39 Å². The Kier molecular flexibility index (Phi) is 9.52. The molecule has 0 fully saturated rings. The topological polar surface area (TPSA) is 136 Å². The number of anilines is 2. The van der Waals surface area contributed by atoms with E-state index in [0.29, 0.717) is 35.8 Å². The molecule has 0 aliphatic heterocycles. The molecule has 0 saturated heterocycles. The van der Waals surface area contributed by atoms with E-state index < -0.39 is 0 Å². The second-order valence-electron chi connectivity index (χ2n) is 10.6. The number of aromatic nitrogens is 10. The molecule has 0 atom stereocenters. The van der Waals surface area contributed by atoms with E-state index in [4.69, 9.17) is 4.98 Å². The highest BCUT2D eigenvalue weighted by molar-refractivity contribution is 9.11. The van der Waals surface area contributed by atoms with Crippen LogP contribution in [0.5, 0.6) is 0 Å². The van der Waals surface area contributed by atoms with Crippen LogP contribution in [0, 0.1) is 5.82 Å². The summed E-state index contributed by atoms with van der Waals surface area (Å²) in [5.74, 6) is 1.24. The Balaban J connectivity index is 0.000000154. The second-order valence-corrected chi connectivity index (χ2v) is 12.3. The zero-order valence-electron chi connectivity index (χ0n) is 25.5. The highest BCUT2D eigenvalue weighted by Gasteiger charge is 2.14. The van der Waals surface area contributed by atoms with Crippen molar-refractivity contribution >= 4 is 54.8 Å². The van der Waals surface area contributed by atoms with E-state index in [1.165, 1.54) is 6.07 Å². The summed E-state index contributed by atoms with van der Waals surface area (Å²) in [6.45, 7) is 1.16. The van der Waals surface area contributed by atoms with Crippen molar-refractivity contribution in [3.8, 4) is 22.5 Å². The number of nitrogens with zero attached hydrogens (tertiary/aromatic N) is 10. The fourth-order valence-corrected chi connectivity index (χ4v) is 5.61. The van der Waals surface area contributed by atoms with E-state index in [-0.39, 0.29) is 5.82 Å². The predicted octanol–water partition coefficient (Wildman–Crippen LogP) is 7.26. The van der Waals surface area contributed by atoms with E-state index in [0.717, 1.165) is 42.8 Å². The third-order valence-electron chi connectivity index (χ3n) is 7.32. The van der Waals surface area contributed by atoms with Crippen LogP contribution in [0.25, 0.3) is 33.8 Å². The van der Waals surface area contributed by atoms with Crippen LogP contribution in [0.3, 0.4) is 0 Å². The molecule has 8 aromatic rings. The molecule has 0 aliphatic carbocycles. The molecule has 6 aromatic heterocycles. The molecule has 0 aliphatic rings. The average Bonchev–Trinajstić information content (AvgIpc) is 3.73. The third kappa shape index (κ3) is 7.27. The van der Waals surface area contributed by atoms with Gasteiger partial charge in [-0.2, -0.15) is 39.6 Å². The highest BCUT2D eigenvalue weighted by atomic mass is 79.9. The molecule has 12 nitrogen and oxygen atoms in total. The molecule has 0 saturated carbocycles. The summed E-state index contributed by atoms with van der Waals surface area (Å²) in [5, 5.41) is 30.7. The van der Waals surface area contributed by atoms with Crippen molar-refractivity contribution in [3.05, 3.63) is 142 Å². The van der Waals surface area contributed by atoms with Crippen molar-refractivity contribution in [1.29, 1.82) is 0 Å². The summed E-state index contributed by atoms with van der Waals surface area (Å²) < 4.78 is 19.2. The van der Waals surface area contributed by atoms with Crippen LogP contribution >= 0.6 is 31.9 Å². The van der Waals surface area contributed by atoms with Gasteiger partial charge >= 0.3 is 0 Å². The fraction of sp³-hybridized carbons (Fsp3) is 0.0588. The van der Waals surface area contributed by atoms with Gasteiger partial charge in [-0.05, 0) is 67.3 Å². The van der Waals surface area contributed by atoms with Crippen LogP contribution in [-0.2, 0) is 13.1 Å². The molecule has 0 spiro atoms. The van der Waals surface area contributed by atoms with Crippen molar-refractivity contribution in [3.63, 3.8) is 0 Å². The highest BCUT2D eigenvalue weighted by Crippen LogP contribution is 2.28. The van der Waals surface area contributed by atoms with Crippen molar-refractivity contribution in [1.82, 2.24) is 49.6 Å². The Morgan fingerprint density at radius 1 is 0.592 bits per heavy atom. The largest absolute Gasteiger partial charge is 0.366 e. The predicted molar refractivity (Wildman–Crippen MR) is 191 cm³/mol. The van der Waals surface area contributed by atoms with Crippen molar-refractivity contribution in [2.24, 2.45) is 0 Å². The Labute approximate surface area is 295 Å². The second kappa shape index (κ2) is 14.6. The van der Waals surface area contributed by atoms with Gasteiger partial charge in [0.15, 0.2) is 11.3 Å². The first kappa shape index (κ1) is 31.9. The molecule has 2 aromatic carbocycles. The van der Waals surface area contributed by atoms with Crippen LogP contribution in [0.4, 0.5) is 16.0 Å². The fourth-order valence-electron chi connectivity index (χ4n) is 4.92. The zero-order chi connectivity index (χ0) is 33.6. The molecule has 15 heteroatoms. The molecule has 0 amide bonds. The van der Waals surface area contributed by atoms with Gasteiger partial charge in [0.1, 0.15) is 17.5 Å². The molecule has 6 heterocycles. The smallest absolute Gasteiger partial charge is 0.172 e. The average molecular weight is 780 g/mol. The summed E-state index contributed by atoms with van der Waals surface area (Å²) in [7, 11) is 0. The van der Waals surface area contributed by atoms with E-state index in [2.05, 4.69) is 78.1 Å². The standard InChI is InChI=1S/C17H12BrFN6.C17H13BrN6/c18-13-10-23-25-16(20-8-11-5-6-21-22-9-11)7-15(24-17(13)25)12-3-1-2-4-14(12)19;18-14-11-22-24-16(19-9-12-6-7-20-21-10-12)8-15(23-17(14)24)13-4-2-1-3-5-13/h1-7,9-10,20H,8H2;1-8,10-11,19H,9H2. The zero-order valence-corrected chi connectivity index (χ0v) is 28.7. The maximum absolute atomic E-state index is 14.2. The number of rotatable bonds is 8. The monoisotopic (exact) mass is 778 g/mol.